The Labute approximate surface area is 172 Å². The Morgan fingerprint density at radius 2 is 1.69 bits per heavy atom. The van der Waals surface area contributed by atoms with Crippen molar-refractivity contribution >= 4 is 23.4 Å². The highest BCUT2D eigenvalue weighted by atomic mass is 16.2. The molecule has 154 valence electrons. The third-order valence-corrected chi connectivity index (χ3v) is 4.22. The lowest BCUT2D eigenvalue weighted by Gasteiger charge is -2.24. The van der Waals surface area contributed by atoms with E-state index in [0.717, 1.165) is 11.1 Å². The minimum atomic E-state index is -0.355. The lowest BCUT2D eigenvalue weighted by atomic mass is 10.1. The zero-order valence-corrected chi connectivity index (χ0v) is 17.3. The molecule has 6 heteroatoms. The largest absolute Gasteiger partial charge is 0.345 e. The monoisotopic (exact) mass is 395 g/mol. The topological polar surface area (TPSA) is 78.5 Å². The smallest absolute Gasteiger partial charge is 0.243 e. The second kappa shape index (κ2) is 11.0. The summed E-state index contributed by atoms with van der Waals surface area (Å²) in [5.74, 6) is -0.544. The molecule has 0 atom stereocenters. The second-order valence-corrected chi connectivity index (χ2v) is 7.52. The van der Waals surface area contributed by atoms with Gasteiger partial charge in [0.2, 0.25) is 17.7 Å². The summed E-state index contributed by atoms with van der Waals surface area (Å²) >= 11 is 0. The first kappa shape index (κ1) is 22.1. The van der Waals surface area contributed by atoms with E-state index in [9.17, 15) is 14.4 Å². The van der Waals surface area contributed by atoms with Crippen molar-refractivity contribution in [3.05, 3.63) is 65.7 Å². The number of amides is 3. The molecule has 2 rings (SSSR count). The molecule has 0 aliphatic carbocycles. The fourth-order valence-corrected chi connectivity index (χ4v) is 2.91. The number of nitrogens with one attached hydrogen (secondary N) is 2. The lowest BCUT2D eigenvalue weighted by Crippen LogP contribution is -2.44. The molecule has 0 aliphatic rings. The Bertz CT molecular complexity index is 834. The maximum atomic E-state index is 12.7. The van der Waals surface area contributed by atoms with Crippen LogP contribution in [0.4, 0.5) is 5.69 Å². The molecule has 0 spiro atoms. The first-order valence-corrected chi connectivity index (χ1v) is 9.78. The molecule has 2 aromatic rings. The normalized spacial score (nSPS) is 10.5. The molecule has 0 saturated heterocycles. The Morgan fingerprint density at radius 1 is 0.966 bits per heavy atom. The average molecular weight is 396 g/mol. The molecule has 29 heavy (non-hydrogen) atoms. The number of benzene rings is 2. The molecule has 0 aliphatic heterocycles. The third-order valence-electron chi connectivity index (χ3n) is 4.22. The van der Waals surface area contributed by atoms with Crippen molar-refractivity contribution in [3.8, 4) is 0 Å². The quantitative estimate of drug-likeness (QED) is 0.685. The Hall–Kier alpha value is -3.15. The van der Waals surface area contributed by atoms with E-state index in [-0.39, 0.29) is 43.1 Å². The molecular weight excluding hydrogens is 366 g/mol. The van der Waals surface area contributed by atoms with Crippen LogP contribution in [0.3, 0.4) is 0 Å². The molecule has 0 saturated carbocycles. The van der Waals surface area contributed by atoms with Crippen molar-refractivity contribution < 1.29 is 14.4 Å². The highest BCUT2D eigenvalue weighted by molar-refractivity contribution is 5.95. The van der Waals surface area contributed by atoms with Crippen LogP contribution in [0.1, 0.15) is 25.0 Å². The van der Waals surface area contributed by atoms with Crippen molar-refractivity contribution in [1.82, 2.24) is 10.2 Å². The first-order chi connectivity index (χ1) is 13.8. The predicted molar refractivity (Wildman–Crippen MR) is 114 cm³/mol. The van der Waals surface area contributed by atoms with Gasteiger partial charge in [0.05, 0.1) is 19.5 Å². The van der Waals surface area contributed by atoms with Crippen LogP contribution in [0.2, 0.25) is 0 Å². The summed E-state index contributed by atoms with van der Waals surface area (Å²) in [6, 6.07) is 16.9. The van der Waals surface area contributed by atoms with E-state index < -0.39 is 0 Å². The molecule has 0 fully saturated rings. The maximum absolute atomic E-state index is 12.7. The molecular formula is C23H29N3O3. The minimum Gasteiger partial charge on any atom is -0.345 e. The van der Waals surface area contributed by atoms with Gasteiger partial charge in [0.25, 0.3) is 0 Å². The molecule has 0 bridgehead atoms. The summed E-state index contributed by atoms with van der Waals surface area (Å²) in [7, 11) is 0. The van der Waals surface area contributed by atoms with Gasteiger partial charge < -0.3 is 15.5 Å². The van der Waals surface area contributed by atoms with Gasteiger partial charge >= 0.3 is 0 Å². The van der Waals surface area contributed by atoms with E-state index >= 15 is 0 Å². The number of carbonyl (C=O) groups excluding carboxylic acids is 3. The summed E-state index contributed by atoms with van der Waals surface area (Å²) in [4.78, 5) is 38.6. The van der Waals surface area contributed by atoms with Crippen LogP contribution in [0.5, 0.6) is 0 Å². The number of hydrogen-bond donors (Lipinski definition) is 2. The first-order valence-electron chi connectivity index (χ1n) is 9.78. The molecule has 0 unspecified atom stereocenters. The number of hydrogen-bond acceptors (Lipinski definition) is 3. The number of carbonyl (C=O) groups is 3. The van der Waals surface area contributed by atoms with Crippen LogP contribution in [-0.2, 0) is 20.8 Å². The second-order valence-electron chi connectivity index (χ2n) is 7.52. The van der Waals surface area contributed by atoms with Gasteiger partial charge in [-0.25, -0.2) is 0 Å². The summed E-state index contributed by atoms with van der Waals surface area (Å²) < 4.78 is 0. The van der Waals surface area contributed by atoms with Gasteiger partial charge in [0, 0.05) is 12.2 Å². The molecule has 6 nitrogen and oxygen atoms in total. The standard InChI is InChI=1S/C23H29N3O3/c1-17(2)15-26(23(29)13-19-9-5-4-6-10-19)16-22(28)24-14-21(27)25-20-11-7-8-18(3)12-20/h4-12,17H,13-16H2,1-3H3,(H,24,28)(H,25,27). The van der Waals surface area contributed by atoms with Crippen molar-refractivity contribution in [1.29, 1.82) is 0 Å². The van der Waals surface area contributed by atoms with Crippen molar-refractivity contribution in [2.45, 2.75) is 27.2 Å². The van der Waals surface area contributed by atoms with Gasteiger partial charge in [0.15, 0.2) is 0 Å². The van der Waals surface area contributed by atoms with Crippen molar-refractivity contribution in [2.75, 3.05) is 25.0 Å². The fourth-order valence-electron chi connectivity index (χ4n) is 2.91. The van der Waals surface area contributed by atoms with Gasteiger partial charge in [-0.3, -0.25) is 14.4 Å². The van der Waals surface area contributed by atoms with Crippen LogP contribution in [0.25, 0.3) is 0 Å². The molecule has 0 heterocycles. The molecule has 2 aromatic carbocycles. The number of aryl methyl sites for hydroxylation is 1. The number of rotatable bonds is 9. The van der Waals surface area contributed by atoms with E-state index in [4.69, 9.17) is 0 Å². The van der Waals surface area contributed by atoms with Gasteiger partial charge in [-0.05, 0) is 36.1 Å². The van der Waals surface area contributed by atoms with Gasteiger partial charge in [-0.1, -0.05) is 56.3 Å². The van der Waals surface area contributed by atoms with Gasteiger partial charge in [0.1, 0.15) is 0 Å². The van der Waals surface area contributed by atoms with E-state index in [1.54, 1.807) is 11.0 Å². The van der Waals surface area contributed by atoms with Crippen LogP contribution < -0.4 is 10.6 Å². The Balaban J connectivity index is 1.86. The summed E-state index contributed by atoms with van der Waals surface area (Å²) in [6.07, 6.45) is 0.245. The number of nitrogens with zero attached hydrogens (tertiary/aromatic N) is 1. The van der Waals surface area contributed by atoms with E-state index in [2.05, 4.69) is 10.6 Å². The van der Waals surface area contributed by atoms with E-state index in [1.807, 2.05) is 69.3 Å². The molecule has 3 amide bonds. The summed E-state index contributed by atoms with van der Waals surface area (Å²) in [5.41, 5.74) is 2.63. The predicted octanol–water partition coefficient (Wildman–Crippen LogP) is 2.78. The van der Waals surface area contributed by atoms with Crippen LogP contribution >= 0.6 is 0 Å². The highest BCUT2D eigenvalue weighted by Gasteiger charge is 2.19. The molecule has 0 aromatic heterocycles. The van der Waals surface area contributed by atoms with E-state index in [1.165, 1.54) is 0 Å². The van der Waals surface area contributed by atoms with Gasteiger partial charge in [-0.15, -0.1) is 0 Å². The fraction of sp³-hybridized carbons (Fsp3) is 0.348. The van der Waals surface area contributed by atoms with Crippen LogP contribution in [0, 0.1) is 12.8 Å². The SMILES string of the molecule is Cc1cccc(NC(=O)CNC(=O)CN(CC(C)C)C(=O)Cc2ccccc2)c1. The number of anilines is 1. The minimum absolute atomic E-state index is 0.0679. The summed E-state index contributed by atoms with van der Waals surface area (Å²) in [6.45, 7) is 6.20. The highest BCUT2D eigenvalue weighted by Crippen LogP contribution is 2.09. The van der Waals surface area contributed by atoms with E-state index in [0.29, 0.717) is 12.2 Å². The zero-order chi connectivity index (χ0) is 21.2. The lowest BCUT2D eigenvalue weighted by molar-refractivity contribution is -0.136. The van der Waals surface area contributed by atoms with Crippen molar-refractivity contribution in [3.63, 3.8) is 0 Å². The Kier molecular flexibility index (Phi) is 8.40. The molecule has 0 radical (unpaired) electrons. The summed E-state index contributed by atoms with van der Waals surface area (Å²) in [5, 5.41) is 5.34. The zero-order valence-electron chi connectivity index (χ0n) is 17.3. The van der Waals surface area contributed by atoms with Crippen molar-refractivity contribution in [2.24, 2.45) is 5.92 Å². The maximum Gasteiger partial charge on any atom is 0.243 e. The average Bonchev–Trinajstić information content (AvgIpc) is 2.66. The Morgan fingerprint density at radius 3 is 2.34 bits per heavy atom. The third kappa shape index (κ3) is 8.17. The van der Waals surface area contributed by atoms with Gasteiger partial charge in [-0.2, -0.15) is 0 Å². The van der Waals surface area contributed by atoms with Crippen LogP contribution in [-0.4, -0.2) is 42.3 Å². The molecule has 2 N–H and O–H groups in total. The van der Waals surface area contributed by atoms with Crippen LogP contribution in [0.15, 0.2) is 54.6 Å².